The molecule has 3 aromatic rings. The molecule has 0 radical (unpaired) electrons. The van der Waals surface area contributed by atoms with Crippen LogP contribution in [0.25, 0.3) is 5.69 Å². The Bertz CT molecular complexity index is 1150. The van der Waals surface area contributed by atoms with Crippen LogP contribution < -0.4 is 5.32 Å². The van der Waals surface area contributed by atoms with Gasteiger partial charge in [-0.15, -0.1) is 0 Å². The van der Waals surface area contributed by atoms with Gasteiger partial charge in [-0.3, -0.25) is 4.79 Å². The van der Waals surface area contributed by atoms with Gasteiger partial charge in [-0.2, -0.15) is 28.2 Å². The van der Waals surface area contributed by atoms with Crippen molar-refractivity contribution in [1.82, 2.24) is 29.9 Å². The molecule has 0 saturated carbocycles. The number of amides is 1. The molecule has 1 saturated heterocycles. The lowest BCUT2D eigenvalue weighted by Gasteiger charge is -2.40. The Kier molecular flexibility index (Phi) is 6.49. The summed E-state index contributed by atoms with van der Waals surface area (Å²) >= 11 is 0. The molecule has 180 valence electrons. The molecule has 1 N–H and O–H groups in total. The molecule has 1 fully saturated rings. The number of nitrogens with zero attached hydrogens (tertiary/aromatic N) is 6. The first-order valence-electron chi connectivity index (χ1n) is 10.8. The van der Waals surface area contributed by atoms with Crippen LogP contribution in [0.15, 0.2) is 36.9 Å². The molecule has 8 nitrogen and oxygen atoms in total. The predicted octanol–water partition coefficient (Wildman–Crippen LogP) is 3.88. The fraction of sp³-hybridized carbons (Fsp3) is 0.409. The summed E-state index contributed by atoms with van der Waals surface area (Å²) in [5, 5.41) is 11.1. The van der Waals surface area contributed by atoms with Gasteiger partial charge in [0.25, 0.3) is 5.91 Å². The first kappa shape index (κ1) is 23.6. The van der Waals surface area contributed by atoms with Crippen molar-refractivity contribution in [3.63, 3.8) is 0 Å². The molecule has 1 amide bonds. The third-order valence-electron chi connectivity index (χ3n) is 6.05. The number of alkyl halides is 3. The maximum absolute atomic E-state index is 14.5. The highest BCUT2D eigenvalue weighted by Crippen LogP contribution is 2.30. The molecule has 2 aromatic heterocycles. The number of anilines is 1. The summed E-state index contributed by atoms with van der Waals surface area (Å²) in [6, 6.07) is 2.42. The number of halogens is 4. The number of aromatic nitrogens is 5. The van der Waals surface area contributed by atoms with Crippen LogP contribution in [0, 0.1) is 18.7 Å². The van der Waals surface area contributed by atoms with Gasteiger partial charge in [0.1, 0.15) is 5.82 Å². The minimum Gasteiger partial charge on any atom is -0.352 e. The van der Waals surface area contributed by atoms with E-state index < -0.39 is 17.6 Å². The SMILES string of the molecule is Cc1c(F)ccc(-n2nccn2)c1C(=O)N1CCCC(C)C1CNc1ncc(C(F)(F)F)cn1. The van der Waals surface area contributed by atoms with E-state index in [2.05, 4.69) is 25.5 Å². The topological polar surface area (TPSA) is 88.8 Å². The zero-order valence-electron chi connectivity index (χ0n) is 18.6. The van der Waals surface area contributed by atoms with Crippen LogP contribution in [-0.2, 0) is 6.18 Å². The largest absolute Gasteiger partial charge is 0.419 e. The minimum atomic E-state index is -4.52. The van der Waals surface area contributed by atoms with E-state index in [0.29, 0.717) is 24.6 Å². The molecule has 3 heterocycles. The first-order valence-corrected chi connectivity index (χ1v) is 10.8. The average Bonchev–Trinajstić information content (AvgIpc) is 3.34. The summed E-state index contributed by atoms with van der Waals surface area (Å²) < 4.78 is 52.7. The molecule has 0 aliphatic carbocycles. The number of benzene rings is 1. The number of hydrogen-bond donors (Lipinski definition) is 1. The Balaban J connectivity index is 1.59. The molecule has 34 heavy (non-hydrogen) atoms. The Morgan fingerprint density at radius 1 is 1.18 bits per heavy atom. The maximum atomic E-state index is 14.5. The minimum absolute atomic E-state index is 0.0292. The molecule has 0 spiro atoms. The Labute approximate surface area is 193 Å². The lowest BCUT2D eigenvalue weighted by Crippen LogP contribution is -2.51. The van der Waals surface area contributed by atoms with E-state index in [1.807, 2.05) is 6.92 Å². The average molecular weight is 477 g/mol. The van der Waals surface area contributed by atoms with E-state index in [4.69, 9.17) is 0 Å². The van der Waals surface area contributed by atoms with Crippen molar-refractivity contribution in [2.45, 2.75) is 38.9 Å². The molecule has 12 heteroatoms. The van der Waals surface area contributed by atoms with Gasteiger partial charge in [0.05, 0.1) is 35.2 Å². The highest BCUT2D eigenvalue weighted by atomic mass is 19.4. The van der Waals surface area contributed by atoms with Gasteiger partial charge in [-0.25, -0.2) is 14.4 Å². The van der Waals surface area contributed by atoms with Crippen molar-refractivity contribution < 1.29 is 22.4 Å². The summed E-state index contributed by atoms with van der Waals surface area (Å²) in [7, 11) is 0. The number of piperidine rings is 1. The van der Waals surface area contributed by atoms with Crippen LogP contribution in [0.5, 0.6) is 0 Å². The lowest BCUT2D eigenvalue weighted by atomic mass is 9.89. The van der Waals surface area contributed by atoms with E-state index >= 15 is 0 Å². The fourth-order valence-corrected chi connectivity index (χ4v) is 4.17. The molecular formula is C22H23F4N7O. The molecule has 2 atom stereocenters. The second kappa shape index (κ2) is 9.35. The molecule has 1 aliphatic heterocycles. The fourth-order valence-electron chi connectivity index (χ4n) is 4.17. The second-order valence-electron chi connectivity index (χ2n) is 8.24. The number of hydrogen-bond acceptors (Lipinski definition) is 6. The van der Waals surface area contributed by atoms with Crippen molar-refractivity contribution in [2.75, 3.05) is 18.4 Å². The summed E-state index contributed by atoms with van der Waals surface area (Å²) in [6.07, 6.45) is 1.45. The quantitative estimate of drug-likeness (QED) is 0.562. The summed E-state index contributed by atoms with van der Waals surface area (Å²) in [4.78, 5) is 24.1. The molecule has 2 unspecified atom stereocenters. The van der Waals surface area contributed by atoms with Crippen molar-refractivity contribution in [1.29, 1.82) is 0 Å². The van der Waals surface area contributed by atoms with Crippen molar-refractivity contribution in [3.8, 4) is 5.69 Å². The monoisotopic (exact) mass is 477 g/mol. The van der Waals surface area contributed by atoms with Crippen molar-refractivity contribution in [2.24, 2.45) is 5.92 Å². The Hall–Kier alpha value is -3.57. The van der Waals surface area contributed by atoms with Crippen LogP contribution >= 0.6 is 0 Å². The van der Waals surface area contributed by atoms with E-state index in [-0.39, 0.29) is 41.5 Å². The van der Waals surface area contributed by atoms with Crippen LogP contribution in [-0.4, -0.2) is 54.9 Å². The van der Waals surface area contributed by atoms with Gasteiger partial charge >= 0.3 is 6.18 Å². The van der Waals surface area contributed by atoms with E-state index in [1.54, 1.807) is 4.90 Å². The smallest absolute Gasteiger partial charge is 0.352 e. The van der Waals surface area contributed by atoms with Gasteiger partial charge in [-0.1, -0.05) is 6.92 Å². The van der Waals surface area contributed by atoms with E-state index in [0.717, 1.165) is 12.8 Å². The molecule has 4 rings (SSSR count). The molecular weight excluding hydrogens is 454 g/mol. The van der Waals surface area contributed by atoms with Gasteiger partial charge < -0.3 is 10.2 Å². The summed E-state index contributed by atoms with van der Waals surface area (Å²) in [5.41, 5.74) is -0.218. The Morgan fingerprint density at radius 2 is 1.85 bits per heavy atom. The van der Waals surface area contributed by atoms with Crippen LogP contribution in [0.4, 0.5) is 23.5 Å². The summed E-state index contributed by atoms with van der Waals surface area (Å²) in [6.45, 7) is 4.20. The standard InChI is InChI=1S/C22H23F4N7O/c1-13-4-3-9-32(18(13)12-29-21-27-10-15(11-28-21)22(24,25)26)20(34)19-14(2)16(23)5-6-17(19)33-30-7-8-31-33/h5-8,10-11,13,18H,3-4,9,12H2,1-2H3,(H,27,28,29). The zero-order chi connectivity index (χ0) is 24.5. The normalized spacial score (nSPS) is 18.7. The second-order valence-corrected chi connectivity index (χ2v) is 8.24. The number of carbonyl (C=O) groups excluding carboxylic acids is 1. The van der Waals surface area contributed by atoms with Crippen molar-refractivity contribution in [3.05, 3.63) is 59.4 Å². The van der Waals surface area contributed by atoms with Crippen LogP contribution in [0.2, 0.25) is 0 Å². The van der Waals surface area contributed by atoms with Gasteiger partial charge in [0.15, 0.2) is 0 Å². The van der Waals surface area contributed by atoms with Crippen molar-refractivity contribution >= 4 is 11.9 Å². The highest BCUT2D eigenvalue weighted by molar-refractivity contribution is 5.99. The number of nitrogens with one attached hydrogen (secondary N) is 1. The summed E-state index contributed by atoms with van der Waals surface area (Å²) in [5.74, 6) is -0.769. The number of carbonyl (C=O) groups is 1. The first-order chi connectivity index (χ1) is 16.2. The number of rotatable bonds is 5. The highest BCUT2D eigenvalue weighted by Gasteiger charge is 2.35. The Morgan fingerprint density at radius 3 is 2.50 bits per heavy atom. The molecule has 1 aromatic carbocycles. The third-order valence-corrected chi connectivity index (χ3v) is 6.05. The van der Waals surface area contributed by atoms with E-state index in [1.165, 1.54) is 36.2 Å². The van der Waals surface area contributed by atoms with Crippen LogP contribution in [0.1, 0.15) is 41.3 Å². The zero-order valence-corrected chi connectivity index (χ0v) is 18.6. The lowest BCUT2D eigenvalue weighted by molar-refractivity contribution is -0.138. The molecule has 1 aliphatic rings. The number of likely N-dealkylation sites (tertiary alicyclic amines) is 1. The third kappa shape index (κ3) is 4.70. The van der Waals surface area contributed by atoms with Gasteiger partial charge in [0, 0.05) is 25.5 Å². The predicted molar refractivity (Wildman–Crippen MR) is 115 cm³/mol. The molecule has 0 bridgehead atoms. The van der Waals surface area contributed by atoms with Gasteiger partial charge in [-0.05, 0) is 43.4 Å². The van der Waals surface area contributed by atoms with Crippen LogP contribution in [0.3, 0.4) is 0 Å². The van der Waals surface area contributed by atoms with E-state index in [9.17, 15) is 22.4 Å². The maximum Gasteiger partial charge on any atom is 0.419 e. The van der Waals surface area contributed by atoms with Gasteiger partial charge in [0.2, 0.25) is 5.95 Å².